The molecule has 0 aromatic rings. The van der Waals surface area contributed by atoms with Crippen molar-refractivity contribution in [3.63, 3.8) is 0 Å². The molecular weight excluding hydrogens is 118 g/mol. The summed E-state index contributed by atoms with van der Waals surface area (Å²) in [4.78, 5) is 0. The fourth-order valence-electron chi connectivity index (χ4n) is 0.752. The van der Waals surface area contributed by atoms with Gasteiger partial charge >= 0.3 is 0 Å². The zero-order valence-corrected chi connectivity index (χ0v) is 5.80. The molecule has 0 aliphatic carbocycles. The first-order valence-corrected chi connectivity index (χ1v) is 3.24. The lowest BCUT2D eigenvalue weighted by atomic mass is 10.1. The molecule has 0 aromatic heterocycles. The maximum absolute atomic E-state index is 9.13. The van der Waals surface area contributed by atoms with E-state index in [9.17, 15) is 0 Å². The van der Waals surface area contributed by atoms with Crippen molar-refractivity contribution in [2.45, 2.75) is 31.9 Å². The van der Waals surface area contributed by atoms with E-state index in [1.165, 1.54) is 0 Å². The second-order valence-corrected chi connectivity index (χ2v) is 2.33. The predicted octanol–water partition coefficient (Wildman–Crippen LogP) is -0.184. The van der Waals surface area contributed by atoms with Gasteiger partial charge in [-0.05, 0) is 6.42 Å². The second kappa shape index (κ2) is 3.82. The van der Waals surface area contributed by atoms with E-state index in [1.54, 1.807) is 0 Å². The molecule has 0 rings (SSSR count). The van der Waals surface area contributed by atoms with Gasteiger partial charge < -0.3 is 15.9 Å². The summed E-state index contributed by atoms with van der Waals surface area (Å²) in [6.45, 7) is 1.89. The minimum absolute atomic E-state index is 0.0486. The molecule has 0 saturated heterocycles. The summed E-state index contributed by atoms with van der Waals surface area (Å²) >= 11 is 0. The van der Waals surface area contributed by atoms with Crippen LogP contribution in [0, 0.1) is 0 Å². The molecule has 3 heteroatoms. The Balaban J connectivity index is 3.43. The monoisotopic (exact) mass is 133 g/mol. The Hall–Kier alpha value is -0.120. The van der Waals surface area contributed by atoms with Crippen LogP contribution in [0.2, 0.25) is 0 Å². The van der Waals surface area contributed by atoms with Crippen LogP contribution in [0.15, 0.2) is 0 Å². The summed E-state index contributed by atoms with van der Waals surface area (Å²) in [5.74, 6) is 0. The number of aliphatic hydroxyl groups excluding tert-OH is 1. The molecule has 0 fully saturated rings. The van der Waals surface area contributed by atoms with E-state index in [4.69, 9.17) is 15.9 Å². The van der Waals surface area contributed by atoms with Crippen molar-refractivity contribution >= 4 is 0 Å². The Morgan fingerprint density at radius 2 is 2.00 bits per heavy atom. The van der Waals surface area contributed by atoms with Gasteiger partial charge in [0.1, 0.15) is 5.72 Å². The van der Waals surface area contributed by atoms with Gasteiger partial charge in [0.25, 0.3) is 0 Å². The van der Waals surface area contributed by atoms with Crippen molar-refractivity contribution in [2.24, 2.45) is 5.73 Å². The Morgan fingerprint density at radius 1 is 1.44 bits per heavy atom. The molecule has 4 N–H and O–H groups in total. The summed E-state index contributed by atoms with van der Waals surface area (Å²) < 4.78 is 0. The Labute approximate surface area is 55.5 Å². The fourth-order valence-corrected chi connectivity index (χ4v) is 0.752. The summed E-state index contributed by atoms with van der Waals surface area (Å²) in [6.07, 6.45) is 1.65. The van der Waals surface area contributed by atoms with Crippen molar-refractivity contribution in [1.82, 2.24) is 0 Å². The van der Waals surface area contributed by atoms with Crippen molar-refractivity contribution in [2.75, 3.05) is 6.61 Å². The molecule has 0 radical (unpaired) electrons. The highest BCUT2D eigenvalue weighted by atomic mass is 16.3. The van der Waals surface area contributed by atoms with E-state index in [0.717, 1.165) is 6.42 Å². The summed E-state index contributed by atoms with van der Waals surface area (Å²) in [6, 6.07) is 0. The number of rotatable bonds is 4. The minimum Gasteiger partial charge on any atom is -0.396 e. The lowest BCUT2D eigenvalue weighted by Gasteiger charge is -2.20. The zero-order valence-electron chi connectivity index (χ0n) is 5.80. The van der Waals surface area contributed by atoms with Gasteiger partial charge in [-0.25, -0.2) is 0 Å². The Kier molecular flexibility index (Phi) is 3.77. The van der Waals surface area contributed by atoms with E-state index in [-0.39, 0.29) is 13.0 Å². The van der Waals surface area contributed by atoms with Crippen LogP contribution < -0.4 is 5.73 Å². The van der Waals surface area contributed by atoms with Gasteiger partial charge in [-0.2, -0.15) is 0 Å². The van der Waals surface area contributed by atoms with Crippen LogP contribution >= 0.6 is 0 Å². The molecule has 0 amide bonds. The second-order valence-electron chi connectivity index (χ2n) is 2.33. The topological polar surface area (TPSA) is 66.5 Å². The number of aliphatic hydroxyl groups is 2. The average Bonchev–Trinajstić information content (AvgIpc) is 1.64. The quantitative estimate of drug-likeness (QED) is 0.466. The smallest absolute Gasteiger partial charge is 0.115 e. The third-order valence-electron chi connectivity index (χ3n) is 1.23. The summed E-state index contributed by atoms with van der Waals surface area (Å²) in [5, 5.41) is 17.5. The first-order chi connectivity index (χ1) is 4.12. The number of hydrogen-bond acceptors (Lipinski definition) is 3. The molecule has 3 nitrogen and oxygen atoms in total. The molecule has 0 aliphatic rings. The van der Waals surface area contributed by atoms with E-state index >= 15 is 0 Å². The maximum Gasteiger partial charge on any atom is 0.115 e. The molecule has 0 saturated carbocycles. The van der Waals surface area contributed by atoms with Crippen LogP contribution in [0.25, 0.3) is 0 Å². The van der Waals surface area contributed by atoms with Crippen LogP contribution in [-0.2, 0) is 0 Å². The zero-order chi connectivity index (χ0) is 7.33. The molecular formula is C6H15NO2. The highest BCUT2D eigenvalue weighted by molar-refractivity contribution is 4.68. The SMILES string of the molecule is CCCC(N)(O)CCO. The van der Waals surface area contributed by atoms with Crippen LogP contribution in [-0.4, -0.2) is 22.5 Å². The Morgan fingerprint density at radius 3 is 2.33 bits per heavy atom. The third-order valence-corrected chi connectivity index (χ3v) is 1.23. The van der Waals surface area contributed by atoms with Gasteiger partial charge in [-0.1, -0.05) is 13.3 Å². The molecule has 9 heavy (non-hydrogen) atoms. The van der Waals surface area contributed by atoms with Gasteiger partial charge in [0.15, 0.2) is 0 Å². The first-order valence-electron chi connectivity index (χ1n) is 3.24. The molecule has 0 spiro atoms. The minimum atomic E-state index is -1.15. The van der Waals surface area contributed by atoms with E-state index in [0.29, 0.717) is 6.42 Å². The van der Waals surface area contributed by atoms with Crippen LogP contribution in [0.1, 0.15) is 26.2 Å². The summed E-state index contributed by atoms with van der Waals surface area (Å²) in [5.41, 5.74) is 4.18. The van der Waals surface area contributed by atoms with E-state index in [1.807, 2.05) is 6.92 Å². The highest BCUT2D eigenvalue weighted by Gasteiger charge is 2.17. The third kappa shape index (κ3) is 4.39. The molecule has 0 aromatic carbocycles. The van der Waals surface area contributed by atoms with Gasteiger partial charge in [0.2, 0.25) is 0 Å². The Bertz CT molecular complexity index is 65.5. The molecule has 0 heterocycles. The van der Waals surface area contributed by atoms with Crippen molar-refractivity contribution < 1.29 is 10.2 Å². The average molecular weight is 133 g/mol. The van der Waals surface area contributed by atoms with Gasteiger partial charge in [-0.15, -0.1) is 0 Å². The van der Waals surface area contributed by atoms with Gasteiger partial charge in [-0.3, -0.25) is 0 Å². The highest BCUT2D eigenvalue weighted by Crippen LogP contribution is 2.08. The van der Waals surface area contributed by atoms with Crippen LogP contribution in [0.5, 0.6) is 0 Å². The molecule has 1 unspecified atom stereocenters. The predicted molar refractivity (Wildman–Crippen MR) is 35.7 cm³/mol. The molecule has 0 bridgehead atoms. The van der Waals surface area contributed by atoms with Crippen molar-refractivity contribution in [3.8, 4) is 0 Å². The largest absolute Gasteiger partial charge is 0.396 e. The number of hydrogen-bond donors (Lipinski definition) is 3. The lowest BCUT2D eigenvalue weighted by molar-refractivity contribution is 0.0132. The normalized spacial score (nSPS) is 17.3. The van der Waals surface area contributed by atoms with Crippen LogP contribution in [0.4, 0.5) is 0 Å². The fraction of sp³-hybridized carbons (Fsp3) is 1.00. The maximum atomic E-state index is 9.13. The molecule has 56 valence electrons. The van der Waals surface area contributed by atoms with Crippen molar-refractivity contribution in [1.29, 1.82) is 0 Å². The van der Waals surface area contributed by atoms with Gasteiger partial charge in [0.05, 0.1) is 0 Å². The van der Waals surface area contributed by atoms with Gasteiger partial charge in [0, 0.05) is 13.0 Å². The van der Waals surface area contributed by atoms with E-state index < -0.39 is 5.72 Å². The van der Waals surface area contributed by atoms with Crippen molar-refractivity contribution in [3.05, 3.63) is 0 Å². The molecule has 0 aliphatic heterocycles. The lowest BCUT2D eigenvalue weighted by Crippen LogP contribution is -2.40. The van der Waals surface area contributed by atoms with E-state index in [2.05, 4.69) is 0 Å². The standard InChI is InChI=1S/C6H15NO2/c1-2-3-6(7,9)4-5-8/h8-9H,2-5,7H2,1H3. The first kappa shape index (κ1) is 8.88. The summed E-state index contributed by atoms with van der Waals surface area (Å²) in [7, 11) is 0. The molecule has 1 atom stereocenters. The number of nitrogens with two attached hydrogens (primary N) is 1. The van der Waals surface area contributed by atoms with Crippen LogP contribution in [0.3, 0.4) is 0 Å².